The minimum Gasteiger partial charge on any atom is 2.00 e. The van der Waals surface area contributed by atoms with Crippen LogP contribution in [0.4, 0.5) is 0 Å². The summed E-state index contributed by atoms with van der Waals surface area (Å²) in [5.41, 5.74) is 0. The van der Waals surface area contributed by atoms with Gasteiger partial charge in [0.15, 0.2) is 0 Å². The van der Waals surface area contributed by atoms with Crippen molar-refractivity contribution >= 4 is 23.9 Å². The molecule has 6 heavy (non-hydrogen) atoms. The molecule has 0 aromatic heterocycles. The minimum atomic E-state index is 0. The Kier molecular flexibility index (Phi) is 608. The number of halogens is 4. The van der Waals surface area contributed by atoms with Crippen molar-refractivity contribution in [2.24, 2.45) is 0 Å². The quantitative estimate of drug-likeness (QED) is 0.388. The van der Waals surface area contributed by atoms with Crippen LogP contribution in [0.1, 0.15) is 0 Å². The molecule has 0 rings (SSSR count). The first-order valence-corrected chi connectivity index (χ1v) is 0. The molecule has 0 bridgehead atoms. The van der Waals surface area contributed by atoms with Gasteiger partial charge < -0.3 is 49.6 Å². The van der Waals surface area contributed by atoms with Crippen LogP contribution >= 0.6 is 0 Å². The molecular formula is H2Cl4SnZn. The predicted octanol–water partition coefficient (Wildman–Crippen LogP) is -12.9. The van der Waals surface area contributed by atoms with E-state index in [1.54, 1.807) is 0 Å². The van der Waals surface area contributed by atoms with Gasteiger partial charge in [0.2, 0.25) is 0 Å². The van der Waals surface area contributed by atoms with E-state index in [0.29, 0.717) is 0 Å². The van der Waals surface area contributed by atoms with Crippen LogP contribution in [0.3, 0.4) is 0 Å². The normalized spacial score (nSPS) is 0. The summed E-state index contributed by atoms with van der Waals surface area (Å²) in [6.45, 7) is 0. The van der Waals surface area contributed by atoms with Gasteiger partial charge in [-0.05, 0) is 0 Å². The zero-order chi connectivity index (χ0) is 0. The second-order valence-corrected chi connectivity index (χ2v) is 0. The Balaban J connectivity index is 0. The summed E-state index contributed by atoms with van der Waals surface area (Å²) >= 11 is 0. The molecule has 0 saturated heterocycles. The molecule has 0 aromatic rings. The first-order chi connectivity index (χ1) is 0. The maximum absolute atomic E-state index is 0. The summed E-state index contributed by atoms with van der Waals surface area (Å²) in [6, 6.07) is 0. The topological polar surface area (TPSA) is 0 Å². The van der Waals surface area contributed by atoms with Gasteiger partial charge in [-0.3, -0.25) is 0 Å². The Bertz CT molecular complexity index is 7.51. The molecule has 0 unspecified atom stereocenters. The molecule has 0 aliphatic heterocycles. The maximum atomic E-state index is 0. The molecule has 0 amide bonds. The van der Waals surface area contributed by atoms with Gasteiger partial charge in [0.05, 0.1) is 0 Å². The first kappa shape index (κ1) is 74.0. The van der Waals surface area contributed by atoms with E-state index in [1.807, 2.05) is 0 Å². The van der Waals surface area contributed by atoms with Crippen LogP contribution < -0.4 is 49.6 Å². The fourth-order valence-electron chi connectivity index (χ4n) is 0. The number of hydrogen-bond acceptors (Lipinski definition) is 0. The molecule has 0 spiro atoms. The average molecular weight is 328 g/mol. The average Bonchev–Trinajstić information content (AvgIpc) is 0. The van der Waals surface area contributed by atoms with E-state index >= 15 is 0 Å². The molecule has 0 N–H and O–H groups in total. The van der Waals surface area contributed by atoms with Gasteiger partial charge in [-0.25, -0.2) is 0 Å². The molecule has 36 valence electrons. The Morgan fingerprint density at radius 3 is 0.500 bits per heavy atom. The van der Waals surface area contributed by atoms with Gasteiger partial charge in [0.1, 0.15) is 0 Å². The molecule has 0 aliphatic carbocycles. The van der Waals surface area contributed by atoms with Gasteiger partial charge in [-0.2, -0.15) is 0 Å². The van der Waals surface area contributed by atoms with Gasteiger partial charge >= 0.3 is 43.4 Å². The zero-order valence-corrected chi connectivity index (χ0v) is 13.0. The van der Waals surface area contributed by atoms with Crippen LogP contribution in [0, 0.1) is 0 Å². The van der Waals surface area contributed by atoms with E-state index in [2.05, 4.69) is 0 Å². The molecule has 0 aromatic carbocycles. The van der Waals surface area contributed by atoms with Crippen LogP contribution in [0.2, 0.25) is 0 Å². The standard InChI is InChI=1S/4ClH.Sn.Zn.2H/h4*1H;;;;/q;;;;2*+2;;/p-4. The van der Waals surface area contributed by atoms with Crippen LogP contribution in [-0.4, -0.2) is 23.9 Å². The summed E-state index contributed by atoms with van der Waals surface area (Å²) in [5, 5.41) is 0. The summed E-state index contributed by atoms with van der Waals surface area (Å²) in [4.78, 5) is 0. The molecule has 0 fully saturated rings. The van der Waals surface area contributed by atoms with E-state index in [1.165, 1.54) is 0 Å². The maximum Gasteiger partial charge on any atom is 2.00 e. The first-order valence-electron chi connectivity index (χ1n) is 0. The van der Waals surface area contributed by atoms with Gasteiger partial charge in [0, 0.05) is 0 Å². The van der Waals surface area contributed by atoms with Crippen LogP contribution in [0.25, 0.3) is 0 Å². The minimum absolute atomic E-state index is 0. The third-order valence-electron chi connectivity index (χ3n) is 0. The smallest absolute Gasteiger partial charge is 2.00 e. The Labute approximate surface area is 91.9 Å². The fraction of sp³-hybridized carbons (Fsp3) is 0. The summed E-state index contributed by atoms with van der Waals surface area (Å²) in [5.74, 6) is 0. The molecule has 0 radical (unpaired) electrons. The van der Waals surface area contributed by atoms with Crippen molar-refractivity contribution in [3.63, 3.8) is 0 Å². The van der Waals surface area contributed by atoms with Crippen LogP contribution in [0.5, 0.6) is 0 Å². The SMILES string of the molecule is [Cl-].[Cl-].[Cl-].[Cl-].[SnH2+2].[Zn+2]. The molecule has 6 heteroatoms. The van der Waals surface area contributed by atoms with Gasteiger partial charge in [0.25, 0.3) is 0 Å². The van der Waals surface area contributed by atoms with Crippen molar-refractivity contribution in [1.82, 2.24) is 0 Å². The molecule has 0 atom stereocenters. The molecule has 0 saturated carbocycles. The van der Waals surface area contributed by atoms with Crippen LogP contribution in [0.15, 0.2) is 0 Å². The van der Waals surface area contributed by atoms with E-state index in [4.69, 9.17) is 0 Å². The number of hydrogen-bond donors (Lipinski definition) is 0. The molecule has 0 nitrogen and oxygen atoms in total. The van der Waals surface area contributed by atoms with Crippen molar-refractivity contribution in [2.75, 3.05) is 0 Å². The summed E-state index contributed by atoms with van der Waals surface area (Å²) in [7, 11) is 0. The Morgan fingerprint density at radius 2 is 0.500 bits per heavy atom. The third-order valence-corrected chi connectivity index (χ3v) is 0. The fourth-order valence-corrected chi connectivity index (χ4v) is 0. The van der Waals surface area contributed by atoms with Crippen molar-refractivity contribution < 1.29 is 69.1 Å². The second-order valence-electron chi connectivity index (χ2n) is 0. The third kappa shape index (κ3) is 30.8. The van der Waals surface area contributed by atoms with Crippen molar-refractivity contribution in [3.05, 3.63) is 0 Å². The van der Waals surface area contributed by atoms with Crippen LogP contribution in [-0.2, 0) is 19.5 Å². The predicted molar refractivity (Wildman–Crippen MR) is 8.54 cm³/mol. The Hall–Kier alpha value is 2.58. The van der Waals surface area contributed by atoms with Gasteiger partial charge in [-0.1, -0.05) is 0 Å². The van der Waals surface area contributed by atoms with E-state index in [9.17, 15) is 0 Å². The number of rotatable bonds is 0. The summed E-state index contributed by atoms with van der Waals surface area (Å²) < 4.78 is 0. The molecule has 0 aliphatic rings. The second kappa shape index (κ2) is 49.3. The zero-order valence-electron chi connectivity index (χ0n) is 2.93. The largest absolute Gasteiger partial charge is 2.00 e. The van der Waals surface area contributed by atoms with E-state index < -0.39 is 0 Å². The monoisotopic (exact) mass is 326 g/mol. The Morgan fingerprint density at radius 1 is 0.500 bits per heavy atom. The van der Waals surface area contributed by atoms with Crippen molar-refractivity contribution in [2.45, 2.75) is 0 Å². The summed E-state index contributed by atoms with van der Waals surface area (Å²) in [6.07, 6.45) is 0. The molecular weight excluding hydrogens is 326 g/mol. The van der Waals surface area contributed by atoms with Gasteiger partial charge in [-0.15, -0.1) is 0 Å². The van der Waals surface area contributed by atoms with E-state index in [-0.39, 0.29) is 93.0 Å². The van der Waals surface area contributed by atoms with Crippen molar-refractivity contribution in [1.29, 1.82) is 0 Å². The van der Waals surface area contributed by atoms with E-state index in [0.717, 1.165) is 0 Å². The molecule has 0 heterocycles. The van der Waals surface area contributed by atoms with Crippen molar-refractivity contribution in [3.8, 4) is 0 Å².